The highest BCUT2D eigenvalue weighted by Crippen LogP contribution is 2.36. The number of hydrogen-bond donors (Lipinski definition) is 0. The molecule has 6 rings (SSSR count). The standard InChI is InChI=1S/C27H32N6O3S2/c1-20-4-3-5-21(16-20)23-6-7-33(29-23)26-18-25(31-12-14-36-15-13-31)27-24(28-26)17-22(37-27)19-30-8-10-32(11-9-30)38(2,34)35/h3-7,16-18H,8-15,19H2,1-2H3. The number of aromatic nitrogens is 3. The minimum Gasteiger partial charge on any atom is -0.378 e. The van der Waals surface area contributed by atoms with Crippen molar-refractivity contribution in [2.75, 3.05) is 63.6 Å². The zero-order valence-electron chi connectivity index (χ0n) is 21.7. The largest absolute Gasteiger partial charge is 0.378 e. The highest BCUT2D eigenvalue weighted by molar-refractivity contribution is 7.88. The molecule has 0 radical (unpaired) electrons. The van der Waals surface area contributed by atoms with Crippen LogP contribution in [-0.2, 0) is 21.3 Å². The summed E-state index contributed by atoms with van der Waals surface area (Å²) in [6, 6.07) is 14.7. The van der Waals surface area contributed by atoms with Gasteiger partial charge < -0.3 is 9.64 Å². The Hall–Kier alpha value is -2.83. The summed E-state index contributed by atoms with van der Waals surface area (Å²) in [5.41, 5.74) is 5.34. The second-order valence-corrected chi connectivity index (χ2v) is 13.1. The Bertz CT molecular complexity index is 1550. The summed E-state index contributed by atoms with van der Waals surface area (Å²) < 4.78 is 34.0. The van der Waals surface area contributed by atoms with Gasteiger partial charge in [-0.3, -0.25) is 4.90 Å². The van der Waals surface area contributed by atoms with E-state index in [1.54, 1.807) is 15.6 Å². The third-order valence-corrected chi connectivity index (χ3v) is 9.60. The molecule has 2 saturated heterocycles. The lowest BCUT2D eigenvalue weighted by Crippen LogP contribution is -2.47. The fourth-order valence-electron chi connectivity index (χ4n) is 5.12. The molecule has 2 fully saturated rings. The maximum absolute atomic E-state index is 11.9. The van der Waals surface area contributed by atoms with Gasteiger partial charge in [0.05, 0.1) is 41.1 Å². The Labute approximate surface area is 227 Å². The minimum atomic E-state index is -3.13. The van der Waals surface area contributed by atoms with E-state index in [1.165, 1.54) is 27.1 Å². The van der Waals surface area contributed by atoms with Crippen molar-refractivity contribution in [3.8, 4) is 17.1 Å². The monoisotopic (exact) mass is 552 g/mol. The number of rotatable bonds is 6. The fourth-order valence-corrected chi connectivity index (χ4v) is 7.13. The molecular formula is C27H32N6O3S2. The van der Waals surface area contributed by atoms with E-state index in [4.69, 9.17) is 14.8 Å². The second kappa shape index (κ2) is 10.4. The Morgan fingerprint density at radius 1 is 1.00 bits per heavy atom. The predicted octanol–water partition coefficient (Wildman–Crippen LogP) is 3.37. The van der Waals surface area contributed by atoms with E-state index in [0.29, 0.717) is 26.3 Å². The smallest absolute Gasteiger partial charge is 0.211 e. The van der Waals surface area contributed by atoms with Gasteiger partial charge in [-0.1, -0.05) is 23.8 Å². The summed E-state index contributed by atoms with van der Waals surface area (Å²) in [6.07, 6.45) is 3.26. The first kappa shape index (κ1) is 25.4. The van der Waals surface area contributed by atoms with Crippen molar-refractivity contribution in [1.82, 2.24) is 24.0 Å². The molecule has 0 atom stereocenters. The molecule has 0 N–H and O–H groups in total. The molecule has 0 unspecified atom stereocenters. The van der Waals surface area contributed by atoms with Crippen LogP contribution >= 0.6 is 11.3 Å². The van der Waals surface area contributed by atoms with Crippen LogP contribution in [0.2, 0.25) is 0 Å². The minimum absolute atomic E-state index is 0.535. The normalized spacial score (nSPS) is 17.9. The molecule has 0 amide bonds. The molecule has 38 heavy (non-hydrogen) atoms. The van der Waals surface area contributed by atoms with Gasteiger partial charge in [-0.2, -0.15) is 9.40 Å². The van der Waals surface area contributed by atoms with Crippen LogP contribution in [-0.4, -0.2) is 91.1 Å². The van der Waals surface area contributed by atoms with Crippen molar-refractivity contribution in [2.24, 2.45) is 0 Å². The first-order valence-electron chi connectivity index (χ1n) is 12.9. The maximum Gasteiger partial charge on any atom is 0.211 e. The number of morpholine rings is 1. The number of pyridine rings is 1. The number of fused-ring (bicyclic) bond motifs is 1. The molecular weight excluding hydrogens is 520 g/mol. The number of sulfonamides is 1. The van der Waals surface area contributed by atoms with Crippen molar-refractivity contribution in [3.63, 3.8) is 0 Å². The van der Waals surface area contributed by atoms with Crippen molar-refractivity contribution >= 4 is 37.3 Å². The summed E-state index contributed by atoms with van der Waals surface area (Å²) in [6.45, 7) is 8.50. The van der Waals surface area contributed by atoms with Gasteiger partial charge in [-0.25, -0.2) is 18.1 Å². The van der Waals surface area contributed by atoms with Crippen LogP contribution in [0.4, 0.5) is 5.69 Å². The molecule has 0 aliphatic carbocycles. The summed E-state index contributed by atoms with van der Waals surface area (Å²) in [7, 11) is -3.13. The van der Waals surface area contributed by atoms with Gasteiger partial charge in [-0.05, 0) is 25.1 Å². The molecule has 1 aromatic carbocycles. The van der Waals surface area contributed by atoms with Crippen LogP contribution in [0.3, 0.4) is 0 Å². The van der Waals surface area contributed by atoms with Gasteiger partial charge in [0.2, 0.25) is 10.0 Å². The summed E-state index contributed by atoms with van der Waals surface area (Å²) in [4.78, 5) is 11.0. The van der Waals surface area contributed by atoms with Gasteiger partial charge in [0, 0.05) is 68.5 Å². The number of ether oxygens (including phenoxy) is 1. The molecule has 3 aromatic heterocycles. The van der Waals surface area contributed by atoms with Crippen LogP contribution in [0.1, 0.15) is 10.4 Å². The molecule has 2 aliphatic heterocycles. The molecule has 11 heteroatoms. The number of piperazine rings is 1. The number of benzene rings is 1. The van der Waals surface area contributed by atoms with Crippen molar-refractivity contribution in [3.05, 3.63) is 59.1 Å². The number of thiophene rings is 1. The summed E-state index contributed by atoms with van der Waals surface area (Å²) in [5, 5.41) is 4.86. The number of anilines is 1. The number of hydrogen-bond acceptors (Lipinski definition) is 8. The Morgan fingerprint density at radius 3 is 2.53 bits per heavy atom. The molecule has 5 heterocycles. The Morgan fingerprint density at radius 2 is 1.79 bits per heavy atom. The third kappa shape index (κ3) is 5.34. The molecule has 2 aliphatic rings. The van der Waals surface area contributed by atoms with Crippen molar-refractivity contribution < 1.29 is 13.2 Å². The first-order chi connectivity index (χ1) is 18.3. The van der Waals surface area contributed by atoms with Gasteiger partial charge >= 0.3 is 0 Å². The van der Waals surface area contributed by atoms with Gasteiger partial charge in [-0.15, -0.1) is 11.3 Å². The van der Waals surface area contributed by atoms with E-state index in [-0.39, 0.29) is 0 Å². The molecule has 4 aromatic rings. The molecule has 200 valence electrons. The highest BCUT2D eigenvalue weighted by atomic mass is 32.2. The lowest BCUT2D eigenvalue weighted by molar-refractivity contribution is 0.123. The van der Waals surface area contributed by atoms with Crippen LogP contribution in [0.5, 0.6) is 0 Å². The highest BCUT2D eigenvalue weighted by Gasteiger charge is 2.25. The van der Waals surface area contributed by atoms with Gasteiger partial charge in [0.1, 0.15) is 0 Å². The SMILES string of the molecule is Cc1cccc(-c2ccn(-c3cc(N4CCOCC4)c4sc(CN5CCN(S(C)(=O)=O)CC5)cc4n3)n2)c1. The van der Waals surface area contributed by atoms with Crippen LogP contribution in [0.25, 0.3) is 27.3 Å². The average molecular weight is 553 g/mol. The van der Waals surface area contributed by atoms with Gasteiger partial charge in [0.15, 0.2) is 5.82 Å². The van der Waals surface area contributed by atoms with Crippen LogP contribution in [0.15, 0.2) is 48.7 Å². The van der Waals surface area contributed by atoms with Gasteiger partial charge in [0.25, 0.3) is 0 Å². The van der Waals surface area contributed by atoms with Crippen molar-refractivity contribution in [1.29, 1.82) is 0 Å². The second-order valence-electron chi connectivity index (χ2n) is 9.98. The summed E-state index contributed by atoms with van der Waals surface area (Å²) >= 11 is 1.78. The van der Waals surface area contributed by atoms with E-state index in [9.17, 15) is 8.42 Å². The molecule has 9 nitrogen and oxygen atoms in total. The Kier molecular flexibility index (Phi) is 6.95. The van der Waals surface area contributed by atoms with E-state index in [0.717, 1.165) is 55.3 Å². The average Bonchev–Trinajstić information content (AvgIpc) is 3.56. The van der Waals surface area contributed by atoms with E-state index >= 15 is 0 Å². The molecule has 0 spiro atoms. The topological polar surface area (TPSA) is 83.8 Å². The molecule has 0 saturated carbocycles. The number of aryl methyl sites for hydroxylation is 1. The fraction of sp³-hybridized carbons (Fsp3) is 0.407. The zero-order chi connectivity index (χ0) is 26.3. The first-order valence-corrected chi connectivity index (χ1v) is 15.6. The number of nitrogens with zero attached hydrogens (tertiary/aromatic N) is 6. The zero-order valence-corrected chi connectivity index (χ0v) is 23.3. The van der Waals surface area contributed by atoms with E-state index in [1.807, 2.05) is 16.9 Å². The Balaban J connectivity index is 1.31. The maximum atomic E-state index is 11.9. The van der Waals surface area contributed by atoms with E-state index in [2.05, 4.69) is 53.1 Å². The lowest BCUT2D eigenvalue weighted by atomic mass is 10.1. The lowest BCUT2D eigenvalue weighted by Gasteiger charge is -2.32. The van der Waals surface area contributed by atoms with Crippen LogP contribution < -0.4 is 4.90 Å². The van der Waals surface area contributed by atoms with E-state index < -0.39 is 10.0 Å². The predicted molar refractivity (Wildman–Crippen MR) is 152 cm³/mol. The summed E-state index contributed by atoms with van der Waals surface area (Å²) in [5.74, 6) is 0.795. The molecule has 0 bridgehead atoms. The quantitative estimate of drug-likeness (QED) is 0.363. The third-order valence-electron chi connectivity index (χ3n) is 7.17. The van der Waals surface area contributed by atoms with Crippen LogP contribution in [0, 0.1) is 6.92 Å². The van der Waals surface area contributed by atoms with Crippen molar-refractivity contribution in [2.45, 2.75) is 13.5 Å².